The number of pyridine rings is 1. The summed E-state index contributed by atoms with van der Waals surface area (Å²) < 4.78 is 5.09. The van der Waals surface area contributed by atoms with Crippen LogP contribution in [0.1, 0.15) is 17.3 Å². The van der Waals surface area contributed by atoms with Crippen molar-refractivity contribution in [2.75, 3.05) is 5.32 Å². The Labute approximate surface area is 126 Å². The van der Waals surface area contributed by atoms with Crippen molar-refractivity contribution >= 4 is 29.3 Å². The minimum Gasteiger partial charge on any atom is -0.449 e. The molecule has 1 unspecified atom stereocenters. The van der Waals surface area contributed by atoms with Gasteiger partial charge < -0.3 is 10.1 Å². The van der Waals surface area contributed by atoms with Gasteiger partial charge in [0.2, 0.25) is 0 Å². The first-order chi connectivity index (χ1) is 10.1. The first kappa shape index (κ1) is 15.0. The average Bonchev–Trinajstić information content (AvgIpc) is 2.50. The lowest BCUT2D eigenvalue weighted by atomic mass is 10.2. The van der Waals surface area contributed by atoms with Gasteiger partial charge >= 0.3 is 5.97 Å². The number of benzene rings is 1. The van der Waals surface area contributed by atoms with Crippen LogP contribution in [-0.2, 0) is 9.53 Å². The number of carbonyl (C=O) groups is 2. The lowest BCUT2D eigenvalue weighted by Crippen LogP contribution is -2.30. The van der Waals surface area contributed by atoms with E-state index in [1.807, 2.05) is 0 Å². The molecule has 6 heteroatoms. The molecular formula is C15H13ClN2O3. The second kappa shape index (κ2) is 6.85. The average molecular weight is 305 g/mol. The summed E-state index contributed by atoms with van der Waals surface area (Å²) in [5, 5.41) is 3.01. The van der Waals surface area contributed by atoms with E-state index in [1.165, 1.54) is 13.1 Å². The molecule has 21 heavy (non-hydrogen) atoms. The zero-order valence-corrected chi connectivity index (χ0v) is 12.0. The van der Waals surface area contributed by atoms with E-state index in [0.717, 1.165) is 0 Å². The Morgan fingerprint density at radius 3 is 2.52 bits per heavy atom. The topological polar surface area (TPSA) is 68.3 Å². The quantitative estimate of drug-likeness (QED) is 0.882. The molecular weight excluding hydrogens is 292 g/mol. The van der Waals surface area contributed by atoms with Crippen molar-refractivity contribution < 1.29 is 14.3 Å². The van der Waals surface area contributed by atoms with Crippen LogP contribution >= 0.6 is 11.6 Å². The fourth-order valence-electron chi connectivity index (χ4n) is 1.53. The summed E-state index contributed by atoms with van der Waals surface area (Å²) in [6.45, 7) is 1.49. The van der Waals surface area contributed by atoms with Gasteiger partial charge in [-0.05, 0) is 31.2 Å². The summed E-state index contributed by atoms with van der Waals surface area (Å²) in [5.74, 6) is -0.677. The van der Waals surface area contributed by atoms with Gasteiger partial charge in [0.15, 0.2) is 6.10 Å². The van der Waals surface area contributed by atoms with Gasteiger partial charge in [0.05, 0.1) is 10.6 Å². The van der Waals surface area contributed by atoms with Gasteiger partial charge in [-0.2, -0.15) is 0 Å². The third-order valence-electron chi connectivity index (χ3n) is 2.64. The molecule has 0 radical (unpaired) electrons. The van der Waals surface area contributed by atoms with Gasteiger partial charge in [0.25, 0.3) is 5.91 Å². The standard InChI is InChI=1S/C15H13ClN2O3/c1-10(21-15(20)11-5-3-2-4-6-11)14(19)18-13-8-7-12(16)9-17-13/h2-10H,1H3,(H,17,18,19). The molecule has 108 valence electrons. The number of amides is 1. The molecule has 5 nitrogen and oxygen atoms in total. The smallest absolute Gasteiger partial charge is 0.338 e. The molecule has 0 saturated heterocycles. The fraction of sp³-hybridized carbons (Fsp3) is 0.133. The van der Waals surface area contributed by atoms with Crippen molar-refractivity contribution in [2.24, 2.45) is 0 Å². The van der Waals surface area contributed by atoms with Gasteiger partial charge in [-0.15, -0.1) is 0 Å². The van der Waals surface area contributed by atoms with Crippen LogP contribution in [0.3, 0.4) is 0 Å². The normalized spacial score (nSPS) is 11.5. The van der Waals surface area contributed by atoms with Gasteiger partial charge in [-0.25, -0.2) is 9.78 Å². The van der Waals surface area contributed by atoms with Crippen molar-refractivity contribution in [3.05, 3.63) is 59.2 Å². The van der Waals surface area contributed by atoms with Crippen molar-refractivity contribution in [1.29, 1.82) is 0 Å². The Morgan fingerprint density at radius 1 is 1.19 bits per heavy atom. The highest BCUT2D eigenvalue weighted by Gasteiger charge is 2.19. The lowest BCUT2D eigenvalue weighted by Gasteiger charge is -2.13. The van der Waals surface area contributed by atoms with Crippen LogP contribution in [0.4, 0.5) is 5.82 Å². The third-order valence-corrected chi connectivity index (χ3v) is 2.86. The molecule has 1 heterocycles. The maximum Gasteiger partial charge on any atom is 0.338 e. The molecule has 2 aromatic rings. The van der Waals surface area contributed by atoms with Crippen LogP contribution in [-0.4, -0.2) is 23.0 Å². The molecule has 2 rings (SSSR count). The first-order valence-corrected chi connectivity index (χ1v) is 6.62. The molecule has 0 bridgehead atoms. The molecule has 1 atom stereocenters. The van der Waals surface area contributed by atoms with Crippen LogP contribution < -0.4 is 5.32 Å². The van der Waals surface area contributed by atoms with E-state index in [1.54, 1.807) is 42.5 Å². The molecule has 0 aliphatic heterocycles. The van der Waals surface area contributed by atoms with Crippen molar-refractivity contribution in [2.45, 2.75) is 13.0 Å². The number of anilines is 1. The molecule has 0 aliphatic carbocycles. The Bertz CT molecular complexity index is 629. The number of hydrogen-bond donors (Lipinski definition) is 1. The number of hydrogen-bond acceptors (Lipinski definition) is 4. The Hall–Kier alpha value is -2.40. The highest BCUT2D eigenvalue weighted by molar-refractivity contribution is 6.30. The molecule has 0 spiro atoms. The van der Waals surface area contributed by atoms with Crippen LogP contribution in [0.25, 0.3) is 0 Å². The largest absolute Gasteiger partial charge is 0.449 e. The summed E-state index contributed by atoms with van der Waals surface area (Å²) in [5.41, 5.74) is 0.391. The highest BCUT2D eigenvalue weighted by atomic mass is 35.5. The molecule has 0 saturated carbocycles. The Balaban J connectivity index is 1.93. The van der Waals surface area contributed by atoms with Crippen molar-refractivity contribution in [1.82, 2.24) is 4.98 Å². The maximum atomic E-state index is 11.9. The third kappa shape index (κ3) is 4.29. The van der Waals surface area contributed by atoms with Crippen molar-refractivity contribution in [3.8, 4) is 0 Å². The SMILES string of the molecule is CC(OC(=O)c1ccccc1)C(=O)Nc1ccc(Cl)cn1. The zero-order chi connectivity index (χ0) is 15.2. The molecule has 1 aromatic heterocycles. The molecule has 0 fully saturated rings. The maximum absolute atomic E-state index is 11.9. The number of ether oxygens (including phenoxy) is 1. The zero-order valence-electron chi connectivity index (χ0n) is 11.2. The number of esters is 1. The van der Waals surface area contributed by atoms with Crippen LogP contribution in [0, 0.1) is 0 Å². The molecule has 1 aromatic carbocycles. The molecule has 1 amide bonds. The van der Waals surface area contributed by atoms with E-state index >= 15 is 0 Å². The number of nitrogens with zero attached hydrogens (tertiary/aromatic N) is 1. The van der Waals surface area contributed by atoms with E-state index in [4.69, 9.17) is 16.3 Å². The van der Waals surface area contributed by atoms with Gasteiger partial charge in [-0.1, -0.05) is 29.8 Å². The van der Waals surface area contributed by atoms with E-state index < -0.39 is 18.0 Å². The Morgan fingerprint density at radius 2 is 1.90 bits per heavy atom. The van der Waals surface area contributed by atoms with E-state index in [-0.39, 0.29) is 0 Å². The number of carbonyl (C=O) groups excluding carboxylic acids is 2. The summed E-state index contributed by atoms with van der Waals surface area (Å²) in [6.07, 6.45) is 0.479. The lowest BCUT2D eigenvalue weighted by molar-refractivity contribution is -0.123. The van der Waals surface area contributed by atoms with Crippen molar-refractivity contribution in [3.63, 3.8) is 0 Å². The van der Waals surface area contributed by atoms with E-state index in [0.29, 0.717) is 16.4 Å². The summed E-state index contributed by atoms with van der Waals surface area (Å²) >= 11 is 5.70. The molecule has 1 N–H and O–H groups in total. The number of rotatable bonds is 4. The second-order valence-corrected chi connectivity index (χ2v) is 4.70. The summed E-state index contributed by atoms with van der Waals surface area (Å²) in [4.78, 5) is 27.7. The number of aromatic nitrogens is 1. The summed E-state index contributed by atoms with van der Waals surface area (Å²) in [6, 6.07) is 11.6. The Kier molecular flexibility index (Phi) is 4.90. The minimum absolute atomic E-state index is 0.340. The van der Waals surface area contributed by atoms with Gasteiger partial charge in [0.1, 0.15) is 5.82 Å². The monoisotopic (exact) mass is 304 g/mol. The predicted octanol–water partition coefficient (Wildman–Crippen LogP) is 2.92. The van der Waals surface area contributed by atoms with Gasteiger partial charge in [0, 0.05) is 6.20 Å². The fourth-order valence-corrected chi connectivity index (χ4v) is 1.65. The number of halogens is 1. The molecule has 0 aliphatic rings. The highest BCUT2D eigenvalue weighted by Crippen LogP contribution is 2.10. The van der Waals surface area contributed by atoms with Crippen LogP contribution in [0.2, 0.25) is 5.02 Å². The number of nitrogens with one attached hydrogen (secondary N) is 1. The minimum atomic E-state index is -0.935. The van der Waals surface area contributed by atoms with E-state index in [2.05, 4.69) is 10.3 Å². The van der Waals surface area contributed by atoms with Gasteiger partial charge in [-0.3, -0.25) is 4.79 Å². The predicted molar refractivity (Wildman–Crippen MR) is 79.2 cm³/mol. The van der Waals surface area contributed by atoms with E-state index in [9.17, 15) is 9.59 Å². The van der Waals surface area contributed by atoms with Crippen LogP contribution in [0.15, 0.2) is 48.7 Å². The summed E-state index contributed by atoms with van der Waals surface area (Å²) in [7, 11) is 0. The van der Waals surface area contributed by atoms with Crippen LogP contribution in [0.5, 0.6) is 0 Å². The first-order valence-electron chi connectivity index (χ1n) is 6.24. The second-order valence-electron chi connectivity index (χ2n) is 4.26.